The number of halogens is 1. The van der Waals surface area contributed by atoms with Crippen LogP contribution in [0.5, 0.6) is 0 Å². The lowest BCUT2D eigenvalue weighted by Crippen LogP contribution is -2.30. The fraction of sp³-hybridized carbons (Fsp3) is 0.533. The number of hydrogen-bond acceptors (Lipinski definition) is 2. The van der Waals surface area contributed by atoms with Gasteiger partial charge in [0.05, 0.1) is 5.56 Å². The van der Waals surface area contributed by atoms with Gasteiger partial charge in [-0.2, -0.15) is 5.26 Å². The highest BCUT2D eigenvalue weighted by Gasteiger charge is 2.23. The van der Waals surface area contributed by atoms with Gasteiger partial charge in [-0.25, -0.2) is 0 Å². The standard InChI is InChI=1S/C15H19BrN2/c1-10-5-11(2)7-14(6-10)18-13-4-3-12(9-17)15(16)8-13/h3-4,8,10-11,14,18H,5-7H2,1-2H3. The van der Waals surface area contributed by atoms with Crippen LogP contribution >= 0.6 is 15.9 Å². The first-order valence-corrected chi connectivity index (χ1v) is 7.34. The van der Waals surface area contributed by atoms with Gasteiger partial charge in [0, 0.05) is 16.2 Å². The molecule has 1 fully saturated rings. The van der Waals surface area contributed by atoms with Crippen LogP contribution in [0.3, 0.4) is 0 Å². The first-order valence-electron chi connectivity index (χ1n) is 6.54. The minimum atomic E-state index is 0.559. The summed E-state index contributed by atoms with van der Waals surface area (Å²) in [6, 6.07) is 8.58. The molecule has 0 saturated heterocycles. The maximum Gasteiger partial charge on any atom is 0.100 e. The molecular weight excluding hydrogens is 288 g/mol. The Bertz CT molecular complexity index is 454. The number of benzene rings is 1. The zero-order chi connectivity index (χ0) is 13.1. The average molecular weight is 307 g/mol. The van der Waals surface area contributed by atoms with Crippen molar-refractivity contribution in [3.05, 3.63) is 28.2 Å². The second-order valence-corrected chi connectivity index (χ2v) is 6.42. The minimum absolute atomic E-state index is 0.559. The summed E-state index contributed by atoms with van der Waals surface area (Å²) in [6.45, 7) is 4.66. The van der Waals surface area contributed by atoms with Crippen molar-refractivity contribution in [3.63, 3.8) is 0 Å². The van der Waals surface area contributed by atoms with Crippen molar-refractivity contribution >= 4 is 21.6 Å². The van der Waals surface area contributed by atoms with Crippen LogP contribution in [-0.4, -0.2) is 6.04 Å². The Hall–Kier alpha value is -1.01. The number of rotatable bonds is 2. The molecule has 18 heavy (non-hydrogen) atoms. The lowest BCUT2D eigenvalue weighted by Gasteiger charge is -2.32. The first kappa shape index (κ1) is 13.4. The van der Waals surface area contributed by atoms with Gasteiger partial charge in [-0.1, -0.05) is 13.8 Å². The molecule has 2 unspecified atom stereocenters. The van der Waals surface area contributed by atoms with Crippen LogP contribution in [-0.2, 0) is 0 Å². The Morgan fingerprint density at radius 2 is 1.89 bits per heavy atom. The van der Waals surface area contributed by atoms with Crippen LogP contribution in [0, 0.1) is 23.2 Å². The van der Waals surface area contributed by atoms with E-state index in [0.717, 1.165) is 22.0 Å². The van der Waals surface area contributed by atoms with Gasteiger partial charge in [0.25, 0.3) is 0 Å². The van der Waals surface area contributed by atoms with E-state index in [1.807, 2.05) is 18.2 Å². The molecule has 3 heteroatoms. The maximum atomic E-state index is 8.90. The zero-order valence-corrected chi connectivity index (χ0v) is 12.5. The minimum Gasteiger partial charge on any atom is -0.382 e. The van der Waals surface area contributed by atoms with E-state index in [1.54, 1.807) is 0 Å². The van der Waals surface area contributed by atoms with Gasteiger partial charge in [-0.15, -0.1) is 0 Å². The van der Waals surface area contributed by atoms with Crippen molar-refractivity contribution in [2.75, 3.05) is 5.32 Å². The number of hydrogen-bond donors (Lipinski definition) is 1. The maximum absolute atomic E-state index is 8.90. The molecule has 1 aliphatic rings. The Labute approximate surface area is 118 Å². The largest absolute Gasteiger partial charge is 0.382 e. The molecule has 0 spiro atoms. The van der Waals surface area contributed by atoms with Crippen molar-refractivity contribution < 1.29 is 0 Å². The van der Waals surface area contributed by atoms with Crippen LogP contribution in [0.25, 0.3) is 0 Å². The third-order valence-corrected chi connectivity index (χ3v) is 4.29. The molecule has 0 aliphatic heterocycles. The van der Waals surface area contributed by atoms with E-state index in [-0.39, 0.29) is 0 Å². The Morgan fingerprint density at radius 3 is 2.44 bits per heavy atom. The summed E-state index contributed by atoms with van der Waals surface area (Å²) in [6.07, 6.45) is 3.82. The van der Waals surface area contributed by atoms with E-state index in [4.69, 9.17) is 5.26 Å². The molecule has 96 valence electrons. The summed E-state index contributed by atoms with van der Waals surface area (Å²) in [7, 11) is 0. The smallest absolute Gasteiger partial charge is 0.100 e. The third kappa shape index (κ3) is 3.26. The Morgan fingerprint density at radius 1 is 1.22 bits per heavy atom. The number of nitriles is 1. The Kier molecular flexibility index (Phi) is 4.29. The summed E-state index contributed by atoms with van der Waals surface area (Å²) >= 11 is 3.43. The SMILES string of the molecule is CC1CC(C)CC(Nc2ccc(C#N)c(Br)c2)C1. The predicted octanol–water partition coefficient (Wildman–Crippen LogP) is 4.56. The lowest BCUT2D eigenvalue weighted by molar-refractivity contribution is 0.281. The Balaban J connectivity index is 2.05. The molecular formula is C15H19BrN2. The fourth-order valence-corrected chi connectivity index (χ4v) is 3.46. The second kappa shape index (κ2) is 5.75. The molecule has 1 aromatic rings. The quantitative estimate of drug-likeness (QED) is 0.869. The van der Waals surface area contributed by atoms with E-state index in [2.05, 4.69) is 41.2 Å². The van der Waals surface area contributed by atoms with Gasteiger partial charge in [0.15, 0.2) is 0 Å². The average Bonchev–Trinajstić information content (AvgIpc) is 2.27. The topological polar surface area (TPSA) is 35.8 Å². The van der Waals surface area contributed by atoms with Gasteiger partial charge >= 0.3 is 0 Å². The molecule has 1 aliphatic carbocycles. The molecule has 1 N–H and O–H groups in total. The van der Waals surface area contributed by atoms with Crippen molar-refractivity contribution in [2.45, 2.75) is 39.2 Å². The van der Waals surface area contributed by atoms with Crippen LogP contribution in [0.4, 0.5) is 5.69 Å². The van der Waals surface area contributed by atoms with E-state index >= 15 is 0 Å². The number of nitrogens with one attached hydrogen (secondary N) is 1. The molecule has 0 amide bonds. The highest BCUT2D eigenvalue weighted by atomic mass is 79.9. The molecule has 2 nitrogen and oxygen atoms in total. The second-order valence-electron chi connectivity index (χ2n) is 5.57. The van der Waals surface area contributed by atoms with Crippen LogP contribution in [0.1, 0.15) is 38.7 Å². The van der Waals surface area contributed by atoms with Crippen LogP contribution in [0.15, 0.2) is 22.7 Å². The van der Waals surface area contributed by atoms with Gasteiger partial charge in [-0.3, -0.25) is 0 Å². The normalized spacial score (nSPS) is 27.6. The summed E-state index contributed by atoms with van der Waals surface area (Å²) < 4.78 is 0.868. The first-order chi connectivity index (χ1) is 8.58. The highest BCUT2D eigenvalue weighted by Crippen LogP contribution is 2.31. The van der Waals surface area contributed by atoms with Crippen molar-refractivity contribution in [1.29, 1.82) is 5.26 Å². The molecule has 2 atom stereocenters. The number of nitrogens with zero attached hydrogens (tertiary/aromatic N) is 1. The number of anilines is 1. The van der Waals surface area contributed by atoms with Crippen molar-refractivity contribution in [1.82, 2.24) is 0 Å². The summed E-state index contributed by atoms with van der Waals surface area (Å²) in [5, 5.41) is 12.5. The summed E-state index contributed by atoms with van der Waals surface area (Å²) in [4.78, 5) is 0. The van der Waals surface area contributed by atoms with Crippen LogP contribution in [0.2, 0.25) is 0 Å². The van der Waals surface area contributed by atoms with Crippen molar-refractivity contribution in [2.24, 2.45) is 11.8 Å². The van der Waals surface area contributed by atoms with Gasteiger partial charge in [0.2, 0.25) is 0 Å². The summed E-state index contributed by atoms with van der Waals surface area (Å²) in [5.41, 5.74) is 1.79. The predicted molar refractivity (Wildman–Crippen MR) is 78.4 cm³/mol. The molecule has 0 heterocycles. The van der Waals surface area contributed by atoms with E-state index in [1.165, 1.54) is 19.3 Å². The molecule has 0 aromatic heterocycles. The van der Waals surface area contributed by atoms with Gasteiger partial charge in [0.1, 0.15) is 6.07 Å². The van der Waals surface area contributed by atoms with Crippen LogP contribution < -0.4 is 5.32 Å². The molecule has 2 rings (SSSR count). The van der Waals surface area contributed by atoms with Crippen molar-refractivity contribution in [3.8, 4) is 6.07 Å². The third-order valence-electron chi connectivity index (χ3n) is 3.64. The van der Waals surface area contributed by atoms with Gasteiger partial charge < -0.3 is 5.32 Å². The fourth-order valence-electron chi connectivity index (χ4n) is 3.00. The van der Waals surface area contributed by atoms with E-state index in [0.29, 0.717) is 11.6 Å². The highest BCUT2D eigenvalue weighted by molar-refractivity contribution is 9.10. The molecule has 1 aromatic carbocycles. The molecule has 1 saturated carbocycles. The monoisotopic (exact) mass is 306 g/mol. The van der Waals surface area contributed by atoms with E-state index < -0.39 is 0 Å². The van der Waals surface area contributed by atoms with Gasteiger partial charge in [-0.05, 0) is 65.2 Å². The molecule has 0 radical (unpaired) electrons. The molecule has 0 bridgehead atoms. The summed E-state index contributed by atoms with van der Waals surface area (Å²) in [5.74, 6) is 1.60. The zero-order valence-electron chi connectivity index (χ0n) is 10.9. The van der Waals surface area contributed by atoms with E-state index in [9.17, 15) is 0 Å². The lowest BCUT2D eigenvalue weighted by atomic mass is 9.80.